The maximum atomic E-state index is 4.98. The van der Waals surface area contributed by atoms with Gasteiger partial charge in [0.1, 0.15) is 0 Å². The Labute approximate surface area is 98.2 Å². The Balaban J connectivity index is 0. The van der Waals surface area contributed by atoms with E-state index >= 15 is 0 Å². The first-order valence-corrected chi connectivity index (χ1v) is 8.49. The average Bonchev–Trinajstić information content (AvgIpc) is 0.722. The van der Waals surface area contributed by atoms with Crippen LogP contribution in [0.2, 0.25) is 0 Å². The van der Waals surface area contributed by atoms with Crippen molar-refractivity contribution in [2.75, 3.05) is 0 Å². The predicted octanol–water partition coefficient (Wildman–Crippen LogP) is 2.11. The molecule has 0 spiro atoms. The van der Waals surface area contributed by atoms with Gasteiger partial charge in [-0.05, 0) is 0 Å². The van der Waals surface area contributed by atoms with Crippen LogP contribution >= 0.6 is 38.1 Å². The van der Waals surface area contributed by atoms with Crippen molar-refractivity contribution in [2.45, 2.75) is 0 Å². The van der Waals surface area contributed by atoms with Crippen LogP contribution in [-0.4, -0.2) is 51.4 Å². The van der Waals surface area contributed by atoms with Crippen LogP contribution in [0.25, 0.3) is 0 Å². The molecule has 0 saturated heterocycles. The molecule has 0 unspecified atom stereocenters. The van der Waals surface area contributed by atoms with Crippen molar-refractivity contribution >= 4 is 89.5 Å². The fourth-order valence-corrected chi connectivity index (χ4v) is 0. The molecule has 0 rings (SSSR count). The Kier molecular flexibility index (Phi) is 10.7. The second-order valence-corrected chi connectivity index (χ2v) is 14.4. The summed E-state index contributed by atoms with van der Waals surface area (Å²) in [5.41, 5.74) is 0. The van der Waals surface area contributed by atoms with Gasteiger partial charge in [-0.15, -0.1) is 0 Å². The molecule has 0 aromatic heterocycles. The fourth-order valence-electron chi connectivity index (χ4n) is 0. The van der Waals surface area contributed by atoms with Gasteiger partial charge in [-0.25, -0.2) is 0 Å². The van der Waals surface area contributed by atoms with Gasteiger partial charge in [0.25, 0.3) is 0 Å². The Bertz CT molecular complexity index is 23.0. The van der Waals surface area contributed by atoms with E-state index in [4.69, 9.17) is 38.1 Å². The number of rotatable bonds is 0. The summed E-state index contributed by atoms with van der Waals surface area (Å²) >= 11 is -2.81. The minimum atomic E-state index is -2.81. The summed E-state index contributed by atoms with van der Waals surface area (Å²) in [4.78, 5) is 0. The molecule has 40 valence electrons. The standard InChI is InChI=1S/4ClH.K.Pd.H/h4*1H;;;/q;;;;;+4;/p-4. The summed E-state index contributed by atoms with van der Waals surface area (Å²) in [5.74, 6) is 0. The molecule has 0 N–H and O–H groups in total. The molecule has 6 heavy (non-hydrogen) atoms. The molecule has 0 atom stereocenters. The summed E-state index contributed by atoms with van der Waals surface area (Å²) in [7, 11) is 19.9. The quantitative estimate of drug-likeness (QED) is 0.599. The van der Waals surface area contributed by atoms with Crippen LogP contribution in [0.1, 0.15) is 0 Å². The van der Waals surface area contributed by atoms with E-state index in [0.717, 1.165) is 0 Å². The third kappa shape index (κ3) is 26.0. The molecule has 0 aromatic carbocycles. The molecule has 0 radical (unpaired) electrons. The molecule has 0 aromatic rings. The van der Waals surface area contributed by atoms with Crippen molar-refractivity contribution in [3.8, 4) is 0 Å². The van der Waals surface area contributed by atoms with Crippen LogP contribution in [-0.2, 0) is 11.5 Å². The van der Waals surface area contributed by atoms with Crippen molar-refractivity contribution in [3.05, 3.63) is 0 Å². The van der Waals surface area contributed by atoms with Crippen LogP contribution in [0.15, 0.2) is 0 Å². The summed E-state index contributed by atoms with van der Waals surface area (Å²) in [5, 5.41) is 0. The van der Waals surface area contributed by atoms with E-state index in [2.05, 4.69) is 0 Å². The fraction of sp³-hybridized carbons (Fsp3) is 0. The van der Waals surface area contributed by atoms with Gasteiger partial charge in [0, 0.05) is 0 Å². The van der Waals surface area contributed by atoms with Crippen molar-refractivity contribution in [1.82, 2.24) is 0 Å². The summed E-state index contributed by atoms with van der Waals surface area (Å²) < 4.78 is 0. The molecular weight excluding hydrogens is 287 g/mol. The molecule has 0 aliphatic carbocycles. The van der Waals surface area contributed by atoms with Gasteiger partial charge < -0.3 is 0 Å². The first kappa shape index (κ1) is 12.2. The zero-order valence-electron chi connectivity index (χ0n) is 1.83. The molecule has 6 heteroatoms. The van der Waals surface area contributed by atoms with E-state index < -0.39 is 11.5 Å². The summed E-state index contributed by atoms with van der Waals surface area (Å²) in [6.45, 7) is 0. The van der Waals surface area contributed by atoms with E-state index in [1.807, 2.05) is 0 Å². The van der Waals surface area contributed by atoms with Crippen molar-refractivity contribution in [3.63, 3.8) is 0 Å². The second kappa shape index (κ2) is 5.26. The molecule has 0 saturated carbocycles. The van der Waals surface area contributed by atoms with Gasteiger partial charge in [0.15, 0.2) is 0 Å². The zero-order valence-corrected chi connectivity index (χ0v) is 6.41. The third-order valence-electron chi connectivity index (χ3n) is 0. The number of hydrogen-bond donors (Lipinski definition) is 0. The molecule has 0 fully saturated rings. The maximum absolute atomic E-state index is 4.98. The Morgan fingerprint density at radius 3 is 0.833 bits per heavy atom. The van der Waals surface area contributed by atoms with Gasteiger partial charge >= 0.3 is 101 Å². The average molecular weight is 288 g/mol. The van der Waals surface area contributed by atoms with Crippen LogP contribution < -0.4 is 0 Å². The SMILES string of the molecule is [Cl][Pd]([Cl])([Cl])[Cl].[KH]. The number of halogens is 4. The van der Waals surface area contributed by atoms with E-state index in [0.29, 0.717) is 0 Å². The normalized spacial score (nSPS) is 12.7. The second-order valence-electron chi connectivity index (χ2n) is 0.271. The Morgan fingerprint density at radius 2 is 0.833 bits per heavy atom. The van der Waals surface area contributed by atoms with Gasteiger partial charge in [-0.3, -0.25) is 0 Å². The zero-order chi connectivity index (χ0) is 4.50. The minimum absolute atomic E-state index is 0. The molecule has 0 aliphatic rings. The van der Waals surface area contributed by atoms with Crippen LogP contribution in [0.3, 0.4) is 0 Å². The van der Waals surface area contributed by atoms with E-state index in [1.165, 1.54) is 0 Å². The van der Waals surface area contributed by atoms with Crippen LogP contribution in [0.4, 0.5) is 0 Å². The van der Waals surface area contributed by atoms with E-state index in [1.54, 1.807) is 0 Å². The van der Waals surface area contributed by atoms with Crippen LogP contribution in [0.5, 0.6) is 0 Å². The van der Waals surface area contributed by atoms with Gasteiger partial charge in [0.2, 0.25) is 0 Å². The predicted molar refractivity (Wildman–Crippen MR) is 30.6 cm³/mol. The number of hydrogen-bond acceptors (Lipinski definition) is 0. The molecular formula is HCl4KPd. The Morgan fingerprint density at radius 1 is 0.833 bits per heavy atom. The van der Waals surface area contributed by atoms with E-state index in [9.17, 15) is 0 Å². The first-order chi connectivity index (χ1) is 2.00. The van der Waals surface area contributed by atoms with Crippen LogP contribution in [0, 0.1) is 0 Å². The summed E-state index contributed by atoms with van der Waals surface area (Å²) in [6, 6.07) is 0. The molecule has 0 heterocycles. The molecule has 0 aliphatic heterocycles. The van der Waals surface area contributed by atoms with Crippen molar-refractivity contribution in [1.29, 1.82) is 0 Å². The topological polar surface area (TPSA) is 0 Å². The van der Waals surface area contributed by atoms with Gasteiger partial charge in [-0.1, -0.05) is 0 Å². The van der Waals surface area contributed by atoms with Gasteiger partial charge in [-0.2, -0.15) is 0 Å². The molecule has 0 amide bonds. The monoisotopic (exact) mass is 286 g/mol. The van der Waals surface area contributed by atoms with Crippen molar-refractivity contribution < 1.29 is 11.5 Å². The van der Waals surface area contributed by atoms with E-state index in [-0.39, 0.29) is 51.4 Å². The third-order valence-corrected chi connectivity index (χ3v) is 0. The van der Waals surface area contributed by atoms with Gasteiger partial charge in [0.05, 0.1) is 0 Å². The molecule has 0 nitrogen and oxygen atoms in total. The Hall–Kier alpha value is 3.46. The molecule has 0 bridgehead atoms. The summed E-state index contributed by atoms with van der Waals surface area (Å²) in [6.07, 6.45) is 0. The first-order valence-electron chi connectivity index (χ1n) is 0.478. The van der Waals surface area contributed by atoms with Crippen molar-refractivity contribution in [2.24, 2.45) is 0 Å².